The van der Waals surface area contributed by atoms with Crippen molar-refractivity contribution in [3.05, 3.63) is 34.0 Å². The minimum atomic E-state index is 0.735. The minimum Gasteiger partial charge on any atom is -0.385 e. The smallest absolute Gasteiger partial charge is 0.0912 e. The van der Waals surface area contributed by atoms with Crippen LogP contribution in [0.2, 0.25) is 5.02 Å². The molecule has 0 fully saturated rings. The van der Waals surface area contributed by atoms with Crippen molar-refractivity contribution in [3.8, 4) is 0 Å². The maximum Gasteiger partial charge on any atom is 0.0912 e. The third-order valence-corrected chi connectivity index (χ3v) is 3.51. The zero-order valence-corrected chi connectivity index (χ0v) is 12.2. The Hall–Kier alpha value is -1.28. The van der Waals surface area contributed by atoms with Crippen LogP contribution in [-0.2, 0) is 6.42 Å². The molecule has 2 aromatic rings. The monoisotopic (exact) mass is 262 g/mol. The number of nitrogens with zero attached hydrogens (tertiary/aromatic N) is 1. The summed E-state index contributed by atoms with van der Waals surface area (Å²) in [5, 5.41) is 5.31. The zero-order valence-electron chi connectivity index (χ0n) is 11.4. The number of rotatable bonds is 3. The molecule has 0 amide bonds. The Morgan fingerprint density at radius 3 is 2.56 bits per heavy atom. The van der Waals surface area contributed by atoms with Gasteiger partial charge in [0.15, 0.2) is 0 Å². The van der Waals surface area contributed by atoms with Gasteiger partial charge in [0.25, 0.3) is 0 Å². The molecule has 1 N–H and O–H groups in total. The van der Waals surface area contributed by atoms with E-state index in [0.29, 0.717) is 0 Å². The highest BCUT2D eigenvalue weighted by atomic mass is 35.5. The number of aryl methyl sites for hydroxylation is 2. The lowest BCUT2D eigenvalue weighted by atomic mass is 10.0. The highest BCUT2D eigenvalue weighted by Crippen LogP contribution is 2.33. The Bertz CT molecular complexity index is 591. The third kappa shape index (κ3) is 2.17. The lowest BCUT2D eigenvalue weighted by molar-refractivity contribution is 1.03. The van der Waals surface area contributed by atoms with Crippen molar-refractivity contribution < 1.29 is 0 Å². The lowest BCUT2D eigenvalue weighted by Gasteiger charge is -2.16. The number of benzene rings is 1. The van der Waals surface area contributed by atoms with Gasteiger partial charge in [-0.3, -0.25) is 4.98 Å². The number of nitrogens with one attached hydrogen (secondary N) is 1. The van der Waals surface area contributed by atoms with Crippen molar-refractivity contribution in [2.24, 2.45) is 0 Å². The Morgan fingerprint density at radius 2 is 1.94 bits per heavy atom. The summed E-state index contributed by atoms with van der Waals surface area (Å²) < 4.78 is 0. The van der Waals surface area contributed by atoms with Crippen LogP contribution in [0.4, 0.5) is 5.69 Å². The van der Waals surface area contributed by atoms with Gasteiger partial charge in [-0.2, -0.15) is 0 Å². The average Bonchev–Trinajstić information content (AvgIpc) is 2.33. The normalized spacial score (nSPS) is 10.9. The number of anilines is 1. The zero-order chi connectivity index (χ0) is 13.3. The molecule has 96 valence electrons. The number of pyridine rings is 1. The first-order valence-corrected chi connectivity index (χ1v) is 6.79. The molecular weight excluding hydrogens is 244 g/mol. The molecule has 1 aromatic carbocycles. The van der Waals surface area contributed by atoms with Gasteiger partial charge in [0.05, 0.1) is 10.5 Å². The average molecular weight is 263 g/mol. The molecule has 0 atom stereocenters. The molecule has 2 rings (SSSR count). The summed E-state index contributed by atoms with van der Waals surface area (Å²) in [6.07, 6.45) is 0.921. The second-order valence-electron chi connectivity index (χ2n) is 4.59. The summed E-state index contributed by atoms with van der Waals surface area (Å²) in [6.45, 7) is 9.31. The van der Waals surface area contributed by atoms with Crippen LogP contribution in [0.15, 0.2) is 12.1 Å². The third-order valence-electron chi connectivity index (χ3n) is 3.22. The predicted molar refractivity (Wildman–Crippen MR) is 79.8 cm³/mol. The fourth-order valence-electron chi connectivity index (χ4n) is 2.35. The second kappa shape index (κ2) is 5.15. The van der Waals surface area contributed by atoms with E-state index >= 15 is 0 Å². The molecule has 0 bridgehead atoms. The Balaban J connectivity index is 2.86. The lowest BCUT2D eigenvalue weighted by Crippen LogP contribution is -2.04. The molecule has 1 aromatic heterocycles. The van der Waals surface area contributed by atoms with E-state index < -0.39 is 0 Å². The maximum absolute atomic E-state index is 6.33. The molecule has 3 heteroatoms. The van der Waals surface area contributed by atoms with E-state index in [4.69, 9.17) is 16.6 Å². The minimum absolute atomic E-state index is 0.735. The molecular formula is C15H19ClN2. The molecule has 1 heterocycles. The molecule has 0 aliphatic heterocycles. The summed E-state index contributed by atoms with van der Waals surface area (Å²) >= 11 is 6.33. The van der Waals surface area contributed by atoms with Crippen LogP contribution in [0.25, 0.3) is 10.9 Å². The summed E-state index contributed by atoms with van der Waals surface area (Å²) in [5.74, 6) is 0. The molecule has 0 unspecified atom stereocenters. The molecule has 0 aliphatic carbocycles. The van der Waals surface area contributed by atoms with Crippen LogP contribution in [-0.4, -0.2) is 11.5 Å². The number of fused-ring (bicyclic) bond motifs is 1. The predicted octanol–water partition coefficient (Wildman–Crippen LogP) is 4.50. The number of aromatic nitrogens is 1. The molecule has 2 nitrogen and oxygen atoms in total. The van der Waals surface area contributed by atoms with Gasteiger partial charge in [-0.1, -0.05) is 18.5 Å². The van der Waals surface area contributed by atoms with Gasteiger partial charge < -0.3 is 5.32 Å². The fourth-order valence-corrected chi connectivity index (χ4v) is 2.67. The topological polar surface area (TPSA) is 24.9 Å². The number of halogens is 1. The van der Waals surface area contributed by atoms with E-state index in [1.54, 1.807) is 0 Å². The Kier molecular flexibility index (Phi) is 3.76. The second-order valence-corrected chi connectivity index (χ2v) is 4.99. The number of hydrogen-bond donors (Lipinski definition) is 1. The molecule has 18 heavy (non-hydrogen) atoms. The molecule has 0 aliphatic rings. The molecule has 0 saturated heterocycles. The van der Waals surface area contributed by atoms with Crippen LogP contribution >= 0.6 is 11.6 Å². The SMILES string of the molecule is CCNc1c(C)c(CC)nc2c(Cl)cc(C)cc12. The van der Waals surface area contributed by atoms with Gasteiger partial charge >= 0.3 is 0 Å². The van der Waals surface area contributed by atoms with Gasteiger partial charge in [-0.15, -0.1) is 0 Å². The summed E-state index contributed by atoms with van der Waals surface area (Å²) in [7, 11) is 0. The van der Waals surface area contributed by atoms with E-state index in [9.17, 15) is 0 Å². The highest BCUT2D eigenvalue weighted by molar-refractivity contribution is 6.35. The molecule has 0 radical (unpaired) electrons. The Labute approximate surface area is 113 Å². The molecule has 0 spiro atoms. The Morgan fingerprint density at radius 1 is 1.22 bits per heavy atom. The van der Waals surface area contributed by atoms with Crippen molar-refractivity contribution in [2.75, 3.05) is 11.9 Å². The van der Waals surface area contributed by atoms with Crippen LogP contribution in [0.3, 0.4) is 0 Å². The highest BCUT2D eigenvalue weighted by Gasteiger charge is 2.12. The quantitative estimate of drug-likeness (QED) is 0.881. The fraction of sp³-hybridized carbons (Fsp3) is 0.400. The first kappa shape index (κ1) is 13.2. The first-order chi connectivity index (χ1) is 8.58. The van der Waals surface area contributed by atoms with Crippen molar-refractivity contribution in [1.29, 1.82) is 0 Å². The maximum atomic E-state index is 6.33. The van der Waals surface area contributed by atoms with Gasteiger partial charge in [-0.05, 0) is 50.5 Å². The van der Waals surface area contributed by atoms with Gasteiger partial charge in [0, 0.05) is 23.3 Å². The summed E-state index contributed by atoms with van der Waals surface area (Å²) in [6, 6.07) is 4.13. The number of hydrogen-bond acceptors (Lipinski definition) is 2. The first-order valence-electron chi connectivity index (χ1n) is 6.41. The van der Waals surface area contributed by atoms with E-state index in [-0.39, 0.29) is 0 Å². The van der Waals surface area contributed by atoms with Gasteiger partial charge in [-0.25, -0.2) is 0 Å². The van der Waals surface area contributed by atoms with Crippen molar-refractivity contribution in [1.82, 2.24) is 4.98 Å². The van der Waals surface area contributed by atoms with Crippen molar-refractivity contribution in [2.45, 2.75) is 34.1 Å². The van der Waals surface area contributed by atoms with Gasteiger partial charge in [0.1, 0.15) is 0 Å². The van der Waals surface area contributed by atoms with Gasteiger partial charge in [0.2, 0.25) is 0 Å². The van der Waals surface area contributed by atoms with E-state index in [0.717, 1.165) is 40.1 Å². The van der Waals surface area contributed by atoms with Crippen LogP contribution in [0.1, 0.15) is 30.7 Å². The largest absolute Gasteiger partial charge is 0.385 e. The van der Waals surface area contributed by atoms with Crippen LogP contribution in [0.5, 0.6) is 0 Å². The standard InChI is InChI=1S/C15H19ClN2/c1-5-13-10(4)14(17-6-2)11-7-9(3)8-12(16)15(11)18-13/h7-8H,5-6H2,1-4H3,(H,17,18). The summed E-state index contributed by atoms with van der Waals surface area (Å²) in [4.78, 5) is 4.70. The van der Waals surface area contributed by atoms with Crippen LogP contribution < -0.4 is 5.32 Å². The van der Waals surface area contributed by atoms with Crippen molar-refractivity contribution in [3.63, 3.8) is 0 Å². The summed E-state index contributed by atoms with van der Waals surface area (Å²) in [5.41, 5.74) is 5.58. The van der Waals surface area contributed by atoms with Crippen LogP contribution in [0, 0.1) is 13.8 Å². The van der Waals surface area contributed by atoms with E-state index in [1.165, 1.54) is 11.3 Å². The van der Waals surface area contributed by atoms with E-state index in [1.807, 2.05) is 6.07 Å². The molecule has 0 saturated carbocycles. The van der Waals surface area contributed by atoms with Crippen molar-refractivity contribution >= 4 is 28.2 Å². The van der Waals surface area contributed by atoms with E-state index in [2.05, 4.69) is 39.1 Å².